The molecular weight excluding hydrogens is 231 g/mol. The van der Waals surface area contributed by atoms with E-state index in [2.05, 4.69) is 16.0 Å². The predicted octanol–water partition coefficient (Wildman–Crippen LogP) is 0.955. The first-order chi connectivity index (χ1) is 5.84. The number of aliphatic hydroxyl groups is 1. The van der Waals surface area contributed by atoms with Crippen molar-refractivity contribution in [2.24, 2.45) is 5.41 Å². The fourth-order valence-electron chi connectivity index (χ4n) is 1.36. The van der Waals surface area contributed by atoms with E-state index in [0.717, 1.165) is 0 Å². The Hall–Kier alpha value is -0.371. The molecule has 0 heterocycles. The molecular formula is C10H13O2Se. The van der Waals surface area contributed by atoms with E-state index in [9.17, 15) is 9.90 Å². The molecule has 3 heteroatoms. The Morgan fingerprint density at radius 2 is 2.00 bits per heavy atom. The molecule has 0 saturated carbocycles. The molecule has 0 fully saturated rings. The Kier molecular flexibility index (Phi) is 2.81. The molecule has 0 aromatic rings. The molecule has 1 aliphatic carbocycles. The fraction of sp³-hybridized carbons (Fsp3) is 0.500. The summed E-state index contributed by atoms with van der Waals surface area (Å²) in [6.45, 7) is 5.89. The molecule has 0 bridgehead atoms. The van der Waals surface area contributed by atoms with Crippen LogP contribution >= 0.6 is 0 Å². The summed E-state index contributed by atoms with van der Waals surface area (Å²) in [5.74, 6) is -0.00782. The molecule has 0 aliphatic heterocycles. The zero-order valence-electron chi connectivity index (χ0n) is 8.00. The number of carbonyl (C=O) groups is 1. The van der Waals surface area contributed by atoms with Crippen LogP contribution in [0, 0.1) is 5.41 Å². The fourth-order valence-corrected chi connectivity index (χ4v) is 2.38. The van der Waals surface area contributed by atoms with E-state index in [4.69, 9.17) is 0 Å². The van der Waals surface area contributed by atoms with Gasteiger partial charge in [0.05, 0.1) is 0 Å². The molecule has 1 N–H and O–H groups in total. The second-order valence-corrected chi connectivity index (χ2v) is 5.08. The molecule has 0 spiro atoms. The van der Waals surface area contributed by atoms with Gasteiger partial charge in [-0.1, -0.05) is 0 Å². The van der Waals surface area contributed by atoms with Gasteiger partial charge in [0.25, 0.3) is 0 Å². The standard InChI is InChI=1S/C10H13O2Se/c1-10(2,3)8-6(11)4-5-7(12)9(8)13/h4-5,7,12H,1-3H3. The molecule has 1 unspecified atom stereocenters. The van der Waals surface area contributed by atoms with Crippen LogP contribution in [0.2, 0.25) is 0 Å². The van der Waals surface area contributed by atoms with Gasteiger partial charge in [-0.15, -0.1) is 0 Å². The molecule has 1 rings (SSSR count). The maximum atomic E-state index is 11.5. The molecule has 0 aromatic carbocycles. The van der Waals surface area contributed by atoms with Crippen LogP contribution in [0.25, 0.3) is 0 Å². The minimum atomic E-state index is -0.646. The van der Waals surface area contributed by atoms with Crippen molar-refractivity contribution in [2.45, 2.75) is 26.9 Å². The topological polar surface area (TPSA) is 37.3 Å². The van der Waals surface area contributed by atoms with Crippen LogP contribution in [0.15, 0.2) is 22.2 Å². The summed E-state index contributed by atoms with van der Waals surface area (Å²) < 4.78 is 0.653. The zero-order valence-corrected chi connectivity index (χ0v) is 9.71. The number of carbonyl (C=O) groups excluding carboxylic acids is 1. The number of hydrogen-bond acceptors (Lipinski definition) is 2. The molecule has 0 aromatic heterocycles. The molecule has 1 radical (unpaired) electrons. The number of rotatable bonds is 0. The first kappa shape index (κ1) is 10.7. The van der Waals surface area contributed by atoms with Gasteiger partial charge in [0, 0.05) is 0 Å². The molecule has 13 heavy (non-hydrogen) atoms. The van der Waals surface area contributed by atoms with Gasteiger partial charge in [-0.25, -0.2) is 0 Å². The van der Waals surface area contributed by atoms with Crippen LogP contribution in [0.1, 0.15) is 20.8 Å². The Labute approximate surface area is 86.5 Å². The molecule has 1 aliphatic rings. The monoisotopic (exact) mass is 245 g/mol. The van der Waals surface area contributed by atoms with Crippen LogP contribution < -0.4 is 0 Å². The molecule has 1 atom stereocenters. The SMILES string of the molecule is CC(C)(C)C1=C([Se])C(O)C=CC1=O. The van der Waals surface area contributed by atoms with E-state index in [-0.39, 0.29) is 11.2 Å². The summed E-state index contributed by atoms with van der Waals surface area (Å²) in [5, 5.41) is 9.50. The van der Waals surface area contributed by atoms with Crippen molar-refractivity contribution in [1.29, 1.82) is 0 Å². The van der Waals surface area contributed by atoms with Crippen LogP contribution in [-0.2, 0) is 4.79 Å². The van der Waals surface area contributed by atoms with Crippen molar-refractivity contribution in [3.05, 3.63) is 22.2 Å². The first-order valence-electron chi connectivity index (χ1n) is 4.16. The van der Waals surface area contributed by atoms with Gasteiger partial charge in [0.1, 0.15) is 0 Å². The third kappa shape index (κ3) is 2.11. The van der Waals surface area contributed by atoms with Gasteiger partial charge < -0.3 is 0 Å². The number of ketones is 1. The van der Waals surface area contributed by atoms with E-state index >= 15 is 0 Å². The Balaban J connectivity index is 3.18. The summed E-state index contributed by atoms with van der Waals surface area (Å²) in [5.41, 5.74) is 0.464. The van der Waals surface area contributed by atoms with Crippen LogP contribution in [0.3, 0.4) is 0 Å². The van der Waals surface area contributed by atoms with E-state index in [0.29, 0.717) is 10.0 Å². The van der Waals surface area contributed by atoms with Gasteiger partial charge in [-0.3, -0.25) is 0 Å². The van der Waals surface area contributed by atoms with Crippen molar-refractivity contribution in [2.75, 3.05) is 0 Å². The van der Waals surface area contributed by atoms with Gasteiger partial charge in [-0.2, -0.15) is 0 Å². The van der Waals surface area contributed by atoms with Crippen LogP contribution in [-0.4, -0.2) is 33.0 Å². The first-order valence-corrected chi connectivity index (χ1v) is 5.02. The third-order valence-electron chi connectivity index (χ3n) is 1.94. The van der Waals surface area contributed by atoms with Crippen molar-refractivity contribution in [3.63, 3.8) is 0 Å². The Bertz CT molecular complexity index is 295. The van der Waals surface area contributed by atoms with E-state index in [1.54, 1.807) is 0 Å². The molecule has 2 nitrogen and oxygen atoms in total. The van der Waals surface area contributed by atoms with Gasteiger partial charge in [0.15, 0.2) is 0 Å². The second kappa shape index (κ2) is 3.41. The minimum absolute atomic E-state index is 0.00782. The van der Waals surface area contributed by atoms with Crippen molar-refractivity contribution < 1.29 is 9.90 Å². The van der Waals surface area contributed by atoms with Crippen LogP contribution in [0.4, 0.5) is 0 Å². The maximum absolute atomic E-state index is 11.5. The van der Waals surface area contributed by atoms with E-state index in [1.165, 1.54) is 12.2 Å². The quantitative estimate of drug-likeness (QED) is 0.644. The van der Waals surface area contributed by atoms with Crippen molar-refractivity contribution >= 4 is 21.8 Å². The summed E-state index contributed by atoms with van der Waals surface area (Å²) >= 11 is 2.77. The molecule has 0 saturated heterocycles. The number of hydrogen-bond donors (Lipinski definition) is 1. The van der Waals surface area contributed by atoms with Gasteiger partial charge in [0.2, 0.25) is 0 Å². The van der Waals surface area contributed by atoms with E-state index in [1.807, 2.05) is 20.8 Å². The summed E-state index contributed by atoms with van der Waals surface area (Å²) in [6.07, 6.45) is 2.29. The van der Waals surface area contributed by atoms with Crippen molar-refractivity contribution in [1.82, 2.24) is 0 Å². The average Bonchev–Trinajstić information content (AvgIpc) is 1.95. The van der Waals surface area contributed by atoms with Gasteiger partial charge >= 0.3 is 86.2 Å². The van der Waals surface area contributed by atoms with Crippen LogP contribution in [0.5, 0.6) is 0 Å². The summed E-state index contributed by atoms with van der Waals surface area (Å²) in [7, 11) is 0. The Morgan fingerprint density at radius 1 is 1.46 bits per heavy atom. The summed E-state index contributed by atoms with van der Waals surface area (Å²) in [6, 6.07) is 0. The molecule has 0 amide bonds. The van der Waals surface area contributed by atoms with E-state index < -0.39 is 6.10 Å². The Morgan fingerprint density at radius 3 is 2.38 bits per heavy atom. The molecule has 71 valence electrons. The zero-order chi connectivity index (χ0) is 10.2. The third-order valence-corrected chi connectivity index (χ3v) is 2.88. The predicted molar refractivity (Wildman–Crippen MR) is 52.4 cm³/mol. The number of aliphatic hydroxyl groups excluding tert-OH is 1. The summed E-state index contributed by atoms with van der Waals surface area (Å²) in [4.78, 5) is 11.5. The van der Waals surface area contributed by atoms with Gasteiger partial charge in [-0.05, 0) is 0 Å². The normalized spacial score (nSPS) is 24.0. The second-order valence-electron chi connectivity index (χ2n) is 4.16. The average molecular weight is 244 g/mol. The number of allylic oxidation sites excluding steroid dienone is 2. The van der Waals surface area contributed by atoms with Crippen molar-refractivity contribution in [3.8, 4) is 0 Å².